The molecular weight excluding hydrogens is 476 g/mol. The van der Waals surface area contributed by atoms with E-state index >= 15 is 0 Å². The molecular formula is C25H32O11. The third-order valence-corrected chi connectivity index (χ3v) is 4.54. The normalized spacial score (nSPS) is 10.2. The summed E-state index contributed by atoms with van der Waals surface area (Å²) in [5.41, 5.74) is 0.677. The van der Waals surface area contributed by atoms with E-state index in [0.29, 0.717) is 24.8 Å². The highest BCUT2D eigenvalue weighted by Gasteiger charge is 2.11. The standard InChI is InChI=1S/C25H32O11/c1-18(26)32-13-5-6-22(28)20-9-11-21(12-10-20)25(31)36-17-16-35-24(30)8-4-3-7-23(29)34-15-14-33-19(2)27/h9-12H,3-8,13-17H2,1-2H3. The van der Waals surface area contributed by atoms with Crippen LogP contribution in [0.2, 0.25) is 0 Å². The lowest BCUT2D eigenvalue weighted by atomic mass is 10.0. The summed E-state index contributed by atoms with van der Waals surface area (Å²) >= 11 is 0. The Kier molecular flexibility index (Phi) is 14.8. The predicted octanol–water partition coefficient (Wildman–Crippen LogP) is 2.58. The summed E-state index contributed by atoms with van der Waals surface area (Å²) in [5.74, 6) is -2.53. The van der Waals surface area contributed by atoms with Crippen molar-refractivity contribution in [3.8, 4) is 0 Å². The van der Waals surface area contributed by atoms with Crippen LogP contribution in [0.4, 0.5) is 0 Å². The van der Waals surface area contributed by atoms with Crippen LogP contribution in [0.1, 0.15) is 73.1 Å². The molecule has 0 amide bonds. The molecule has 0 heterocycles. The summed E-state index contributed by atoms with van der Waals surface area (Å²) in [6, 6.07) is 5.96. The van der Waals surface area contributed by atoms with Crippen molar-refractivity contribution in [2.45, 2.75) is 52.4 Å². The largest absolute Gasteiger partial charge is 0.466 e. The molecule has 0 fully saturated rings. The highest BCUT2D eigenvalue weighted by Crippen LogP contribution is 2.10. The van der Waals surface area contributed by atoms with Crippen LogP contribution in [0, 0.1) is 0 Å². The van der Waals surface area contributed by atoms with Crippen molar-refractivity contribution in [2.24, 2.45) is 0 Å². The Morgan fingerprint density at radius 3 is 1.50 bits per heavy atom. The van der Waals surface area contributed by atoms with Crippen LogP contribution in [-0.2, 0) is 42.9 Å². The van der Waals surface area contributed by atoms with Gasteiger partial charge in [-0.2, -0.15) is 0 Å². The van der Waals surface area contributed by atoms with Gasteiger partial charge in [0.15, 0.2) is 5.78 Å². The van der Waals surface area contributed by atoms with Crippen LogP contribution in [0.5, 0.6) is 0 Å². The lowest BCUT2D eigenvalue weighted by Gasteiger charge is -2.07. The second-order valence-corrected chi connectivity index (χ2v) is 7.57. The lowest BCUT2D eigenvalue weighted by Crippen LogP contribution is -2.14. The summed E-state index contributed by atoms with van der Waals surface area (Å²) in [6.45, 7) is 2.48. The van der Waals surface area contributed by atoms with Gasteiger partial charge in [-0.3, -0.25) is 24.0 Å². The van der Waals surface area contributed by atoms with Crippen molar-refractivity contribution in [1.29, 1.82) is 0 Å². The number of carbonyl (C=O) groups excluding carboxylic acids is 6. The van der Waals surface area contributed by atoms with Gasteiger partial charge >= 0.3 is 29.8 Å². The van der Waals surface area contributed by atoms with Gasteiger partial charge in [0.2, 0.25) is 0 Å². The molecule has 11 heteroatoms. The van der Waals surface area contributed by atoms with Gasteiger partial charge in [-0.15, -0.1) is 0 Å². The summed E-state index contributed by atoms with van der Waals surface area (Å²) < 4.78 is 24.3. The molecule has 0 aliphatic carbocycles. The average molecular weight is 509 g/mol. The Morgan fingerprint density at radius 1 is 0.528 bits per heavy atom. The minimum absolute atomic E-state index is 0.00315. The highest BCUT2D eigenvalue weighted by molar-refractivity contribution is 5.97. The van der Waals surface area contributed by atoms with E-state index in [2.05, 4.69) is 4.74 Å². The molecule has 0 aromatic heterocycles. The van der Waals surface area contributed by atoms with Gasteiger partial charge in [-0.1, -0.05) is 12.1 Å². The topological polar surface area (TPSA) is 149 Å². The molecule has 0 saturated heterocycles. The first-order chi connectivity index (χ1) is 17.2. The van der Waals surface area contributed by atoms with Crippen molar-refractivity contribution in [2.75, 3.05) is 33.0 Å². The molecule has 0 atom stereocenters. The van der Waals surface area contributed by atoms with Gasteiger partial charge in [0.1, 0.15) is 26.4 Å². The van der Waals surface area contributed by atoms with Gasteiger partial charge < -0.3 is 23.7 Å². The van der Waals surface area contributed by atoms with Gasteiger partial charge in [0, 0.05) is 38.7 Å². The number of rotatable bonds is 17. The minimum Gasteiger partial charge on any atom is -0.466 e. The first-order valence-electron chi connectivity index (χ1n) is 11.6. The zero-order valence-corrected chi connectivity index (χ0v) is 20.6. The molecule has 0 saturated carbocycles. The second-order valence-electron chi connectivity index (χ2n) is 7.57. The summed E-state index contributed by atoms with van der Waals surface area (Å²) in [5, 5.41) is 0. The predicted molar refractivity (Wildman–Crippen MR) is 124 cm³/mol. The molecule has 0 radical (unpaired) electrons. The third kappa shape index (κ3) is 14.5. The Labute approximate surface area is 209 Å². The Balaban J connectivity index is 2.15. The molecule has 1 rings (SSSR count). The summed E-state index contributed by atoms with van der Waals surface area (Å²) in [6.07, 6.45) is 1.71. The Morgan fingerprint density at radius 2 is 0.972 bits per heavy atom. The second kappa shape index (κ2) is 17.6. The molecule has 36 heavy (non-hydrogen) atoms. The Hall–Kier alpha value is -3.76. The molecule has 0 N–H and O–H groups in total. The number of hydrogen-bond donors (Lipinski definition) is 0. The number of unbranched alkanes of at least 4 members (excludes halogenated alkanes) is 1. The zero-order valence-electron chi connectivity index (χ0n) is 20.6. The minimum atomic E-state index is -0.618. The first kappa shape index (κ1) is 30.3. The van der Waals surface area contributed by atoms with Crippen molar-refractivity contribution < 1.29 is 52.5 Å². The molecule has 1 aromatic carbocycles. The highest BCUT2D eigenvalue weighted by atomic mass is 16.6. The van der Waals surface area contributed by atoms with Crippen LogP contribution in [0.25, 0.3) is 0 Å². The number of esters is 5. The van der Waals surface area contributed by atoms with E-state index in [1.165, 1.54) is 38.1 Å². The smallest absolute Gasteiger partial charge is 0.338 e. The quantitative estimate of drug-likeness (QED) is 0.132. The third-order valence-electron chi connectivity index (χ3n) is 4.54. The van der Waals surface area contributed by atoms with Gasteiger partial charge in [-0.05, 0) is 31.4 Å². The van der Waals surface area contributed by atoms with Crippen LogP contribution < -0.4 is 0 Å². The van der Waals surface area contributed by atoms with Crippen LogP contribution in [0.15, 0.2) is 24.3 Å². The number of Topliss-reactive ketones (excluding diaryl/α,β-unsaturated/α-hetero) is 1. The molecule has 198 valence electrons. The Bertz CT molecular complexity index is 890. The fourth-order valence-corrected chi connectivity index (χ4v) is 2.78. The van der Waals surface area contributed by atoms with E-state index in [0.717, 1.165) is 0 Å². The molecule has 0 aliphatic heterocycles. The zero-order chi connectivity index (χ0) is 26.8. The van der Waals surface area contributed by atoms with E-state index in [1.807, 2.05) is 0 Å². The van der Waals surface area contributed by atoms with E-state index < -0.39 is 29.8 Å². The van der Waals surface area contributed by atoms with Gasteiger partial charge in [-0.25, -0.2) is 4.79 Å². The van der Waals surface area contributed by atoms with Crippen molar-refractivity contribution in [3.05, 3.63) is 35.4 Å². The van der Waals surface area contributed by atoms with Gasteiger partial charge in [0.25, 0.3) is 0 Å². The lowest BCUT2D eigenvalue weighted by molar-refractivity contribution is -0.151. The number of hydrogen-bond acceptors (Lipinski definition) is 11. The van der Waals surface area contributed by atoms with Crippen LogP contribution in [-0.4, -0.2) is 68.7 Å². The molecule has 0 bridgehead atoms. The van der Waals surface area contributed by atoms with Crippen LogP contribution in [0.3, 0.4) is 0 Å². The molecule has 0 spiro atoms. The van der Waals surface area contributed by atoms with E-state index in [-0.39, 0.29) is 63.6 Å². The van der Waals surface area contributed by atoms with Crippen molar-refractivity contribution in [1.82, 2.24) is 0 Å². The van der Waals surface area contributed by atoms with Crippen molar-refractivity contribution >= 4 is 35.6 Å². The first-order valence-corrected chi connectivity index (χ1v) is 11.6. The number of carbonyl (C=O) groups is 6. The summed E-state index contributed by atoms with van der Waals surface area (Å²) in [7, 11) is 0. The fourth-order valence-electron chi connectivity index (χ4n) is 2.78. The SMILES string of the molecule is CC(=O)OCCCC(=O)c1ccc(C(=O)OCCOC(=O)CCCCC(=O)OCCOC(C)=O)cc1. The maximum atomic E-state index is 12.1. The molecule has 0 aliphatic rings. The molecule has 11 nitrogen and oxygen atoms in total. The molecule has 1 aromatic rings. The van der Waals surface area contributed by atoms with Crippen molar-refractivity contribution in [3.63, 3.8) is 0 Å². The van der Waals surface area contributed by atoms with E-state index in [9.17, 15) is 28.8 Å². The number of ketones is 1. The number of benzene rings is 1. The van der Waals surface area contributed by atoms with E-state index in [1.54, 1.807) is 0 Å². The van der Waals surface area contributed by atoms with Crippen LogP contribution >= 0.6 is 0 Å². The maximum Gasteiger partial charge on any atom is 0.338 e. The monoisotopic (exact) mass is 508 g/mol. The maximum absolute atomic E-state index is 12.1. The number of ether oxygens (including phenoxy) is 5. The van der Waals surface area contributed by atoms with Gasteiger partial charge in [0.05, 0.1) is 12.2 Å². The summed E-state index contributed by atoms with van der Waals surface area (Å²) in [4.78, 5) is 68.7. The average Bonchev–Trinajstić information content (AvgIpc) is 2.84. The fraction of sp³-hybridized carbons (Fsp3) is 0.520. The molecule has 0 unspecified atom stereocenters. The van der Waals surface area contributed by atoms with E-state index in [4.69, 9.17) is 18.9 Å².